The molecule has 2 heterocycles. The summed E-state index contributed by atoms with van der Waals surface area (Å²) in [7, 11) is 0. The lowest BCUT2D eigenvalue weighted by Gasteiger charge is -2.33. The third kappa shape index (κ3) is 3.21. The van der Waals surface area contributed by atoms with Gasteiger partial charge in [0.05, 0.1) is 11.9 Å². The first-order valence-corrected chi connectivity index (χ1v) is 7.33. The van der Waals surface area contributed by atoms with Crippen molar-refractivity contribution >= 4 is 17.9 Å². The Kier molecular flexibility index (Phi) is 4.15. The molecule has 0 saturated carbocycles. The highest BCUT2D eigenvalue weighted by Crippen LogP contribution is 2.29. The molecule has 1 fully saturated rings. The normalized spacial score (nSPS) is 15.7. The van der Waals surface area contributed by atoms with Gasteiger partial charge in [-0.1, -0.05) is 30.3 Å². The van der Waals surface area contributed by atoms with Crippen molar-refractivity contribution < 1.29 is 4.79 Å². The molecule has 1 aliphatic heterocycles. The van der Waals surface area contributed by atoms with Crippen LogP contribution in [0.25, 0.3) is 0 Å². The summed E-state index contributed by atoms with van der Waals surface area (Å²) >= 11 is 0. The zero-order valence-electron chi connectivity index (χ0n) is 11.9. The van der Waals surface area contributed by atoms with Gasteiger partial charge >= 0.3 is 0 Å². The lowest BCUT2D eigenvalue weighted by Crippen LogP contribution is -2.33. The Hall–Kier alpha value is -2.36. The summed E-state index contributed by atoms with van der Waals surface area (Å²) in [5.74, 6) is 1.64. The van der Waals surface area contributed by atoms with Crippen LogP contribution in [-0.2, 0) is 4.79 Å². The van der Waals surface area contributed by atoms with Gasteiger partial charge in [0.25, 0.3) is 0 Å². The highest BCUT2D eigenvalue weighted by Gasteiger charge is 2.21. The summed E-state index contributed by atoms with van der Waals surface area (Å²) in [6, 6.07) is 14.6. The Balaban J connectivity index is 1.61. The minimum absolute atomic E-state index is 0.651. The van der Waals surface area contributed by atoms with Gasteiger partial charge in [0.15, 0.2) is 0 Å². The Morgan fingerprint density at radius 1 is 1.10 bits per heavy atom. The molecule has 0 aliphatic carbocycles. The number of pyridine rings is 1. The van der Waals surface area contributed by atoms with Gasteiger partial charge in [-0.2, -0.15) is 0 Å². The Labute approximate surface area is 124 Å². The number of piperidine rings is 1. The predicted octanol–water partition coefficient (Wildman–Crippen LogP) is 3.03. The molecule has 3 rings (SSSR count). The van der Waals surface area contributed by atoms with E-state index in [1.165, 1.54) is 5.56 Å². The Morgan fingerprint density at radius 2 is 1.86 bits per heavy atom. The molecule has 1 N–H and O–H groups in total. The third-order valence-corrected chi connectivity index (χ3v) is 4.06. The van der Waals surface area contributed by atoms with Gasteiger partial charge in [0, 0.05) is 13.1 Å². The number of rotatable bonds is 4. The molecule has 0 bridgehead atoms. The van der Waals surface area contributed by atoms with E-state index in [0.717, 1.165) is 37.4 Å². The van der Waals surface area contributed by atoms with E-state index in [4.69, 9.17) is 0 Å². The fraction of sp³-hybridized carbons (Fsp3) is 0.294. The maximum atomic E-state index is 10.4. The van der Waals surface area contributed by atoms with Crippen LogP contribution in [0.15, 0.2) is 48.7 Å². The van der Waals surface area contributed by atoms with Crippen molar-refractivity contribution in [2.75, 3.05) is 23.3 Å². The lowest BCUT2D eigenvalue weighted by molar-refractivity contribution is -0.105. The van der Waals surface area contributed by atoms with Gasteiger partial charge in [0.1, 0.15) is 5.82 Å². The van der Waals surface area contributed by atoms with Crippen LogP contribution in [0, 0.1) is 0 Å². The molecule has 1 aromatic carbocycles. The summed E-state index contributed by atoms with van der Waals surface area (Å²) in [6.07, 6.45) is 4.68. The van der Waals surface area contributed by atoms with E-state index >= 15 is 0 Å². The lowest BCUT2D eigenvalue weighted by atomic mass is 9.89. The van der Waals surface area contributed by atoms with E-state index in [9.17, 15) is 4.79 Å². The number of hydrogen-bond acceptors (Lipinski definition) is 3. The van der Waals surface area contributed by atoms with Crippen LogP contribution >= 0.6 is 0 Å². The number of hydrogen-bond donors (Lipinski definition) is 1. The first-order chi connectivity index (χ1) is 10.4. The van der Waals surface area contributed by atoms with E-state index < -0.39 is 0 Å². The predicted molar refractivity (Wildman–Crippen MR) is 84.6 cm³/mol. The van der Waals surface area contributed by atoms with Gasteiger partial charge in [-0.15, -0.1) is 0 Å². The molecular formula is C17H19N3O. The molecule has 1 aliphatic rings. The summed E-state index contributed by atoms with van der Waals surface area (Å²) in [5.41, 5.74) is 2.17. The number of amides is 1. The second kappa shape index (κ2) is 6.39. The van der Waals surface area contributed by atoms with E-state index in [-0.39, 0.29) is 0 Å². The summed E-state index contributed by atoms with van der Waals surface area (Å²) < 4.78 is 0. The fourth-order valence-corrected chi connectivity index (χ4v) is 2.89. The van der Waals surface area contributed by atoms with Gasteiger partial charge in [-0.3, -0.25) is 4.79 Å². The largest absolute Gasteiger partial charge is 0.357 e. The zero-order valence-corrected chi connectivity index (χ0v) is 11.9. The maximum absolute atomic E-state index is 10.4. The Morgan fingerprint density at radius 3 is 2.48 bits per heavy atom. The van der Waals surface area contributed by atoms with Crippen molar-refractivity contribution in [3.8, 4) is 0 Å². The minimum atomic E-state index is 0.651. The molecule has 4 nitrogen and oxygen atoms in total. The van der Waals surface area contributed by atoms with Gasteiger partial charge < -0.3 is 10.2 Å². The Bertz CT molecular complexity index is 575. The molecule has 4 heteroatoms. The van der Waals surface area contributed by atoms with Crippen LogP contribution in [-0.4, -0.2) is 24.5 Å². The van der Waals surface area contributed by atoms with Crippen LogP contribution < -0.4 is 10.2 Å². The summed E-state index contributed by atoms with van der Waals surface area (Å²) in [6.45, 7) is 2.04. The molecule has 2 aromatic rings. The molecule has 0 unspecified atom stereocenters. The monoisotopic (exact) mass is 281 g/mol. The fourth-order valence-electron chi connectivity index (χ4n) is 2.89. The van der Waals surface area contributed by atoms with Crippen LogP contribution in [0.3, 0.4) is 0 Å². The van der Waals surface area contributed by atoms with Gasteiger partial charge in [0.2, 0.25) is 6.41 Å². The van der Waals surface area contributed by atoms with Crippen LogP contribution in [0.2, 0.25) is 0 Å². The maximum Gasteiger partial charge on any atom is 0.211 e. The number of carbonyl (C=O) groups excluding carboxylic acids is 1. The molecule has 21 heavy (non-hydrogen) atoms. The molecule has 0 spiro atoms. The second-order valence-electron chi connectivity index (χ2n) is 5.34. The molecule has 0 radical (unpaired) electrons. The summed E-state index contributed by atoms with van der Waals surface area (Å²) in [4.78, 5) is 17.1. The molecule has 108 valence electrons. The van der Waals surface area contributed by atoms with Crippen LogP contribution in [0.1, 0.15) is 24.3 Å². The van der Waals surface area contributed by atoms with Crippen molar-refractivity contribution in [1.82, 2.24) is 4.98 Å². The SMILES string of the molecule is O=CNc1ccc(N2CCC(c3ccccc3)CC2)nc1. The number of aromatic nitrogens is 1. The zero-order chi connectivity index (χ0) is 14.5. The second-order valence-corrected chi connectivity index (χ2v) is 5.34. The first-order valence-electron chi connectivity index (χ1n) is 7.33. The van der Waals surface area contributed by atoms with Crippen LogP contribution in [0.4, 0.5) is 11.5 Å². The number of nitrogens with one attached hydrogen (secondary N) is 1. The van der Waals surface area contributed by atoms with Crippen molar-refractivity contribution in [2.24, 2.45) is 0 Å². The van der Waals surface area contributed by atoms with E-state index in [2.05, 4.69) is 45.5 Å². The van der Waals surface area contributed by atoms with Crippen LogP contribution in [0.5, 0.6) is 0 Å². The number of carbonyl (C=O) groups is 1. The highest BCUT2D eigenvalue weighted by molar-refractivity contribution is 5.71. The number of nitrogens with zero attached hydrogens (tertiary/aromatic N) is 2. The number of anilines is 2. The van der Waals surface area contributed by atoms with Gasteiger partial charge in [-0.25, -0.2) is 4.98 Å². The molecule has 1 aromatic heterocycles. The highest BCUT2D eigenvalue weighted by atomic mass is 16.1. The van der Waals surface area contributed by atoms with Crippen molar-refractivity contribution in [3.05, 3.63) is 54.2 Å². The summed E-state index contributed by atoms with van der Waals surface area (Å²) in [5, 5.41) is 2.60. The van der Waals surface area contributed by atoms with Gasteiger partial charge in [-0.05, 0) is 36.5 Å². The molecule has 0 atom stereocenters. The average molecular weight is 281 g/mol. The van der Waals surface area contributed by atoms with Crippen molar-refractivity contribution in [1.29, 1.82) is 0 Å². The standard InChI is InChI=1S/C17H19N3O/c21-13-19-16-6-7-17(18-12-16)20-10-8-15(9-11-20)14-4-2-1-3-5-14/h1-7,12-13,15H,8-11H2,(H,19,21). The minimum Gasteiger partial charge on any atom is -0.357 e. The van der Waals surface area contributed by atoms with Crippen molar-refractivity contribution in [2.45, 2.75) is 18.8 Å². The smallest absolute Gasteiger partial charge is 0.211 e. The molecule has 1 amide bonds. The van der Waals surface area contributed by atoms with E-state index in [1.807, 2.05) is 12.1 Å². The quantitative estimate of drug-likeness (QED) is 0.876. The molecule has 1 saturated heterocycles. The van der Waals surface area contributed by atoms with E-state index in [0.29, 0.717) is 12.3 Å². The third-order valence-electron chi connectivity index (χ3n) is 4.06. The number of benzene rings is 1. The van der Waals surface area contributed by atoms with Crippen molar-refractivity contribution in [3.63, 3.8) is 0 Å². The average Bonchev–Trinajstić information content (AvgIpc) is 2.57. The topological polar surface area (TPSA) is 45.2 Å². The first kappa shape index (κ1) is 13.6. The molecular weight excluding hydrogens is 262 g/mol. The van der Waals surface area contributed by atoms with E-state index in [1.54, 1.807) is 6.20 Å².